The van der Waals surface area contributed by atoms with Crippen LogP contribution in [-0.2, 0) is 10.2 Å². The van der Waals surface area contributed by atoms with Crippen LogP contribution in [-0.4, -0.2) is 17.6 Å². The number of hydrogen-bond acceptors (Lipinski definition) is 3. The van der Waals surface area contributed by atoms with Crippen molar-refractivity contribution in [1.29, 1.82) is 0 Å². The Balaban J connectivity index is 2.18. The van der Waals surface area contributed by atoms with E-state index in [4.69, 9.17) is 4.52 Å². The van der Waals surface area contributed by atoms with Gasteiger partial charge in [-0.1, -0.05) is 39.3 Å². The van der Waals surface area contributed by atoms with Crippen LogP contribution in [0, 0.1) is 5.92 Å². The Hall–Kier alpha value is -1.32. The SMILES string of the molecule is CCCC(C)(C)c1cc(N2CCC(C)C2=O)no1. The second kappa shape index (κ2) is 4.75. The molecule has 0 spiro atoms. The third-order valence-corrected chi connectivity index (χ3v) is 3.79. The predicted octanol–water partition coefficient (Wildman–Crippen LogP) is 3.13. The number of hydrogen-bond donors (Lipinski definition) is 0. The van der Waals surface area contributed by atoms with Crippen LogP contribution in [0.3, 0.4) is 0 Å². The lowest BCUT2D eigenvalue weighted by Crippen LogP contribution is -2.26. The number of rotatable bonds is 4. The number of carbonyl (C=O) groups is 1. The van der Waals surface area contributed by atoms with Gasteiger partial charge in [0, 0.05) is 23.9 Å². The summed E-state index contributed by atoms with van der Waals surface area (Å²) >= 11 is 0. The number of aromatic nitrogens is 1. The molecule has 0 aromatic carbocycles. The molecule has 2 rings (SSSR count). The first-order valence-corrected chi connectivity index (χ1v) is 6.74. The van der Waals surface area contributed by atoms with E-state index in [0.29, 0.717) is 5.82 Å². The van der Waals surface area contributed by atoms with Gasteiger partial charge in [0.25, 0.3) is 0 Å². The average Bonchev–Trinajstić information content (AvgIpc) is 2.88. The Kier molecular flexibility index (Phi) is 3.46. The Bertz CT molecular complexity index is 437. The molecule has 100 valence electrons. The molecule has 2 heterocycles. The summed E-state index contributed by atoms with van der Waals surface area (Å²) in [6, 6.07) is 1.92. The maximum Gasteiger partial charge on any atom is 0.231 e. The second-order valence-corrected chi connectivity index (χ2v) is 5.86. The first-order valence-electron chi connectivity index (χ1n) is 6.74. The Labute approximate surface area is 108 Å². The summed E-state index contributed by atoms with van der Waals surface area (Å²) in [4.78, 5) is 13.7. The molecule has 1 fully saturated rings. The molecular weight excluding hydrogens is 228 g/mol. The van der Waals surface area contributed by atoms with Crippen LogP contribution in [0.5, 0.6) is 0 Å². The van der Waals surface area contributed by atoms with Crippen LogP contribution in [0.25, 0.3) is 0 Å². The van der Waals surface area contributed by atoms with Crippen molar-refractivity contribution >= 4 is 11.7 Å². The number of nitrogens with zero attached hydrogens (tertiary/aromatic N) is 2. The molecule has 1 unspecified atom stereocenters. The number of anilines is 1. The third kappa shape index (κ3) is 2.28. The summed E-state index contributed by atoms with van der Waals surface area (Å²) in [6.07, 6.45) is 3.05. The van der Waals surface area contributed by atoms with Gasteiger partial charge in [0.05, 0.1) is 0 Å². The summed E-state index contributed by atoms with van der Waals surface area (Å²) < 4.78 is 5.43. The smallest absolute Gasteiger partial charge is 0.231 e. The highest BCUT2D eigenvalue weighted by atomic mass is 16.5. The first kappa shape index (κ1) is 13.1. The largest absolute Gasteiger partial charge is 0.359 e. The number of carbonyl (C=O) groups excluding carboxylic acids is 1. The molecule has 1 amide bonds. The molecule has 1 saturated heterocycles. The molecule has 1 aromatic rings. The van der Waals surface area contributed by atoms with Crippen LogP contribution in [0.15, 0.2) is 10.6 Å². The van der Waals surface area contributed by atoms with Crippen LogP contribution in [0.4, 0.5) is 5.82 Å². The first-order chi connectivity index (χ1) is 8.45. The van der Waals surface area contributed by atoms with Crippen molar-refractivity contribution in [2.75, 3.05) is 11.4 Å². The van der Waals surface area contributed by atoms with Gasteiger partial charge in [-0.3, -0.25) is 9.69 Å². The summed E-state index contributed by atoms with van der Waals surface area (Å²) in [5.74, 6) is 1.80. The summed E-state index contributed by atoms with van der Waals surface area (Å²) in [6.45, 7) is 9.17. The molecule has 1 aliphatic heterocycles. The standard InChI is InChI=1S/C14H22N2O2/c1-5-7-14(3,4)11-9-12(15-18-11)16-8-6-10(2)13(16)17/h9-10H,5-8H2,1-4H3. The van der Waals surface area contributed by atoms with Crippen molar-refractivity contribution in [2.45, 2.75) is 52.4 Å². The van der Waals surface area contributed by atoms with E-state index in [1.54, 1.807) is 4.90 Å². The van der Waals surface area contributed by atoms with Crippen LogP contribution < -0.4 is 4.90 Å². The molecule has 0 bridgehead atoms. The molecular formula is C14H22N2O2. The third-order valence-electron chi connectivity index (χ3n) is 3.79. The molecule has 1 atom stereocenters. The van der Waals surface area contributed by atoms with Crippen molar-refractivity contribution in [3.05, 3.63) is 11.8 Å². The van der Waals surface area contributed by atoms with E-state index in [2.05, 4.69) is 25.9 Å². The average molecular weight is 250 g/mol. The van der Waals surface area contributed by atoms with Gasteiger partial charge >= 0.3 is 0 Å². The molecule has 0 radical (unpaired) electrons. The van der Waals surface area contributed by atoms with E-state index in [9.17, 15) is 4.79 Å². The lowest BCUT2D eigenvalue weighted by atomic mass is 9.85. The van der Waals surface area contributed by atoms with E-state index in [0.717, 1.165) is 31.6 Å². The summed E-state index contributed by atoms with van der Waals surface area (Å²) in [5, 5.41) is 4.06. The second-order valence-electron chi connectivity index (χ2n) is 5.86. The topological polar surface area (TPSA) is 46.3 Å². The van der Waals surface area contributed by atoms with Gasteiger partial charge in [0.1, 0.15) is 5.76 Å². The van der Waals surface area contributed by atoms with Crippen LogP contribution in [0.2, 0.25) is 0 Å². The minimum absolute atomic E-state index is 0.0195. The zero-order chi connectivity index (χ0) is 13.3. The van der Waals surface area contributed by atoms with Gasteiger partial charge in [-0.2, -0.15) is 0 Å². The highest BCUT2D eigenvalue weighted by Gasteiger charge is 2.32. The molecule has 1 aliphatic rings. The zero-order valence-electron chi connectivity index (χ0n) is 11.7. The Morgan fingerprint density at radius 3 is 2.83 bits per heavy atom. The maximum absolute atomic E-state index is 11.9. The minimum atomic E-state index is -0.0195. The zero-order valence-corrected chi connectivity index (χ0v) is 11.7. The van der Waals surface area contributed by atoms with E-state index in [-0.39, 0.29) is 17.2 Å². The number of amides is 1. The van der Waals surface area contributed by atoms with Crippen molar-refractivity contribution < 1.29 is 9.32 Å². The van der Waals surface area contributed by atoms with E-state index < -0.39 is 0 Å². The lowest BCUT2D eigenvalue weighted by molar-refractivity contribution is -0.119. The molecule has 18 heavy (non-hydrogen) atoms. The molecule has 0 saturated carbocycles. The fourth-order valence-electron chi connectivity index (χ4n) is 2.51. The molecule has 0 N–H and O–H groups in total. The van der Waals surface area contributed by atoms with Crippen LogP contribution >= 0.6 is 0 Å². The highest BCUT2D eigenvalue weighted by Crippen LogP contribution is 2.32. The fraction of sp³-hybridized carbons (Fsp3) is 0.714. The lowest BCUT2D eigenvalue weighted by Gasteiger charge is -2.19. The van der Waals surface area contributed by atoms with E-state index >= 15 is 0 Å². The fourth-order valence-corrected chi connectivity index (χ4v) is 2.51. The van der Waals surface area contributed by atoms with Gasteiger partial charge in [0.15, 0.2) is 5.82 Å². The maximum atomic E-state index is 11.9. The van der Waals surface area contributed by atoms with Crippen molar-refractivity contribution in [1.82, 2.24) is 5.16 Å². The van der Waals surface area contributed by atoms with Gasteiger partial charge in [0.2, 0.25) is 5.91 Å². The van der Waals surface area contributed by atoms with Crippen LogP contribution in [0.1, 0.15) is 52.7 Å². The van der Waals surface area contributed by atoms with Crippen molar-refractivity contribution in [3.8, 4) is 0 Å². The van der Waals surface area contributed by atoms with Crippen molar-refractivity contribution in [3.63, 3.8) is 0 Å². The van der Waals surface area contributed by atoms with Gasteiger partial charge in [-0.05, 0) is 12.8 Å². The minimum Gasteiger partial charge on any atom is -0.359 e. The monoisotopic (exact) mass is 250 g/mol. The Morgan fingerprint density at radius 1 is 1.56 bits per heavy atom. The molecule has 4 nitrogen and oxygen atoms in total. The van der Waals surface area contributed by atoms with E-state index in [1.807, 2.05) is 13.0 Å². The molecule has 4 heteroatoms. The van der Waals surface area contributed by atoms with Crippen molar-refractivity contribution in [2.24, 2.45) is 5.92 Å². The molecule has 0 aliphatic carbocycles. The highest BCUT2D eigenvalue weighted by molar-refractivity contribution is 5.96. The van der Waals surface area contributed by atoms with E-state index in [1.165, 1.54) is 0 Å². The van der Waals surface area contributed by atoms with Gasteiger partial charge < -0.3 is 4.52 Å². The quantitative estimate of drug-likeness (QED) is 0.824. The Morgan fingerprint density at radius 2 is 2.28 bits per heavy atom. The van der Waals surface area contributed by atoms with Gasteiger partial charge in [-0.15, -0.1) is 0 Å². The predicted molar refractivity (Wildman–Crippen MR) is 70.6 cm³/mol. The normalized spacial score (nSPS) is 20.8. The van der Waals surface area contributed by atoms with Gasteiger partial charge in [-0.25, -0.2) is 0 Å². The summed E-state index contributed by atoms with van der Waals surface area (Å²) in [5.41, 5.74) is -0.0195. The summed E-state index contributed by atoms with van der Waals surface area (Å²) in [7, 11) is 0. The molecule has 1 aromatic heterocycles.